The molecular formula is C3H2BrN3S. The summed E-state index contributed by atoms with van der Waals surface area (Å²) in [6.45, 7) is 0. The highest BCUT2D eigenvalue weighted by Gasteiger charge is 1.81. The standard InChI is InChI=1S/C3H2BrN3S/c4-3-6-2(8)1-5-7-3/h1H,(H,6,7,8). The minimum absolute atomic E-state index is 0.482. The molecule has 0 bridgehead atoms. The average molecular weight is 192 g/mol. The summed E-state index contributed by atoms with van der Waals surface area (Å²) in [5, 5.41) is 6.21. The number of aromatic amines is 1. The third-order valence-corrected chi connectivity index (χ3v) is 1.09. The van der Waals surface area contributed by atoms with Gasteiger partial charge in [0.15, 0.2) is 4.73 Å². The van der Waals surface area contributed by atoms with Gasteiger partial charge in [0.25, 0.3) is 0 Å². The molecule has 0 spiro atoms. The summed E-state index contributed by atoms with van der Waals surface area (Å²) < 4.78 is 1.04. The highest BCUT2D eigenvalue weighted by atomic mass is 79.9. The van der Waals surface area contributed by atoms with Crippen LogP contribution in [0.15, 0.2) is 10.9 Å². The topological polar surface area (TPSA) is 41.6 Å². The molecule has 1 aromatic heterocycles. The van der Waals surface area contributed by atoms with Crippen molar-refractivity contribution in [1.29, 1.82) is 0 Å². The summed E-state index contributed by atoms with van der Waals surface area (Å²) in [5.74, 6) is 0. The van der Waals surface area contributed by atoms with Crippen LogP contribution in [0, 0.1) is 4.64 Å². The van der Waals surface area contributed by atoms with E-state index in [2.05, 4.69) is 43.3 Å². The first-order chi connectivity index (χ1) is 3.79. The SMILES string of the molecule is S=c1cn[nH]c(Br)n1. The molecule has 0 amide bonds. The van der Waals surface area contributed by atoms with Crippen molar-refractivity contribution in [2.75, 3.05) is 0 Å². The number of hydrogen-bond donors (Lipinski definition) is 1. The molecule has 0 fully saturated rings. The molecule has 0 saturated heterocycles. The van der Waals surface area contributed by atoms with Gasteiger partial charge in [0.05, 0.1) is 6.20 Å². The Bertz CT molecular complexity index is 232. The molecule has 8 heavy (non-hydrogen) atoms. The molecule has 0 unspecified atom stereocenters. The highest BCUT2D eigenvalue weighted by molar-refractivity contribution is 9.10. The number of nitrogens with zero attached hydrogens (tertiary/aromatic N) is 2. The quantitative estimate of drug-likeness (QED) is 0.629. The predicted octanol–water partition coefficient (Wildman–Crippen LogP) is 1.30. The van der Waals surface area contributed by atoms with Crippen LogP contribution >= 0.6 is 28.1 Å². The van der Waals surface area contributed by atoms with Gasteiger partial charge in [-0.15, -0.1) is 0 Å². The third kappa shape index (κ3) is 1.34. The van der Waals surface area contributed by atoms with Gasteiger partial charge < -0.3 is 0 Å². The first kappa shape index (κ1) is 5.84. The molecule has 0 saturated carbocycles. The van der Waals surface area contributed by atoms with E-state index in [9.17, 15) is 0 Å². The van der Waals surface area contributed by atoms with E-state index in [0.717, 1.165) is 0 Å². The lowest BCUT2D eigenvalue weighted by molar-refractivity contribution is 0.925. The maximum Gasteiger partial charge on any atom is 0.192 e. The lowest BCUT2D eigenvalue weighted by Gasteiger charge is -1.83. The summed E-state index contributed by atoms with van der Waals surface area (Å²) in [5.41, 5.74) is 0. The molecule has 0 aliphatic heterocycles. The Labute approximate surface area is 59.3 Å². The first-order valence-electron chi connectivity index (χ1n) is 1.86. The van der Waals surface area contributed by atoms with Gasteiger partial charge in [0.1, 0.15) is 4.64 Å². The molecular weight excluding hydrogens is 190 g/mol. The van der Waals surface area contributed by atoms with Crippen LogP contribution in [0.5, 0.6) is 0 Å². The van der Waals surface area contributed by atoms with Crippen molar-refractivity contribution in [3.8, 4) is 0 Å². The number of halogens is 1. The van der Waals surface area contributed by atoms with Gasteiger partial charge in [0, 0.05) is 0 Å². The summed E-state index contributed by atoms with van der Waals surface area (Å²) >= 11 is 7.74. The van der Waals surface area contributed by atoms with Crippen LogP contribution in [0.25, 0.3) is 0 Å². The summed E-state index contributed by atoms with van der Waals surface area (Å²) in [6, 6.07) is 0. The van der Waals surface area contributed by atoms with Crippen LogP contribution in [0.1, 0.15) is 0 Å². The Kier molecular flexibility index (Phi) is 1.69. The van der Waals surface area contributed by atoms with Crippen molar-refractivity contribution in [3.63, 3.8) is 0 Å². The van der Waals surface area contributed by atoms with Crippen LogP contribution in [-0.4, -0.2) is 15.2 Å². The zero-order chi connectivity index (χ0) is 5.98. The van der Waals surface area contributed by atoms with Gasteiger partial charge in [-0.25, -0.2) is 4.98 Å². The normalized spacial score (nSPS) is 9.12. The molecule has 0 aromatic carbocycles. The minimum atomic E-state index is 0.482. The average Bonchev–Trinajstić information content (AvgIpc) is 1.64. The lowest BCUT2D eigenvalue weighted by Crippen LogP contribution is -1.84. The molecule has 1 rings (SSSR count). The number of nitrogens with one attached hydrogen (secondary N) is 1. The predicted molar refractivity (Wildman–Crippen MR) is 34.9 cm³/mol. The summed E-state index contributed by atoms with van der Waals surface area (Å²) in [6.07, 6.45) is 1.47. The van der Waals surface area contributed by atoms with Gasteiger partial charge >= 0.3 is 0 Å². The van der Waals surface area contributed by atoms with E-state index in [1.807, 2.05) is 0 Å². The van der Waals surface area contributed by atoms with E-state index in [0.29, 0.717) is 9.37 Å². The largest absolute Gasteiger partial charge is 0.255 e. The number of hydrogen-bond acceptors (Lipinski definition) is 3. The fraction of sp³-hybridized carbons (Fsp3) is 0. The second kappa shape index (κ2) is 2.32. The van der Waals surface area contributed by atoms with Crippen LogP contribution in [0.2, 0.25) is 0 Å². The molecule has 1 heterocycles. The van der Waals surface area contributed by atoms with Gasteiger partial charge in [-0.05, 0) is 15.9 Å². The third-order valence-electron chi connectivity index (χ3n) is 0.540. The van der Waals surface area contributed by atoms with Crippen LogP contribution < -0.4 is 0 Å². The van der Waals surface area contributed by atoms with Gasteiger partial charge in [-0.2, -0.15) is 5.10 Å². The Morgan fingerprint density at radius 3 is 2.88 bits per heavy atom. The summed E-state index contributed by atoms with van der Waals surface area (Å²) in [7, 11) is 0. The van der Waals surface area contributed by atoms with Crippen molar-refractivity contribution >= 4 is 28.1 Å². The maximum absolute atomic E-state index is 4.68. The van der Waals surface area contributed by atoms with E-state index < -0.39 is 0 Å². The zero-order valence-corrected chi connectivity index (χ0v) is 6.16. The monoisotopic (exact) mass is 191 g/mol. The molecule has 0 atom stereocenters. The smallest absolute Gasteiger partial charge is 0.192 e. The van der Waals surface area contributed by atoms with Gasteiger partial charge in [-0.3, -0.25) is 5.10 Å². The number of rotatable bonds is 0. The molecule has 0 aliphatic carbocycles. The Morgan fingerprint density at radius 2 is 2.50 bits per heavy atom. The molecule has 1 N–H and O–H groups in total. The molecule has 1 aromatic rings. The van der Waals surface area contributed by atoms with Crippen molar-refractivity contribution in [1.82, 2.24) is 15.2 Å². The number of H-pyrrole nitrogens is 1. The minimum Gasteiger partial charge on any atom is -0.255 e. The fourth-order valence-electron chi connectivity index (χ4n) is 0.291. The summed E-state index contributed by atoms with van der Waals surface area (Å²) in [4.78, 5) is 3.79. The van der Waals surface area contributed by atoms with Crippen molar-refractivity contribution in [3.05, 3.63) is 15.6 Å². The lowest BCUT2D eigenvalue weighted by atomic mass is 10.9. The first-order valence-corrected chi connectivity index (χ1v) is 3.06. The van der Waals surface area contributed by atoms with E-state index in [4.69, 9.17) is 0 Å². The van der Waals surface area contributed by atoms with Crippen LogP contribution in [-0.2, 0) is 0 Å². The Balaban J connectivity index is 3.28. The highest BCUT2D eigenvalue weighted by Crippen LogP contribution is 1.94. The molecule has 42 valence electrons. The number of aromatic nitrogens is 3. The van der Waals surface area contributed by atoms with E-state index >= 15 is 0 Å². The Morgan fingerprint density at radius 1 is 1.75 bits per heavy atom. The van der Waals surface area contributed by atoms with Crippen molar-refractivity contribution in [2.45, 2.75) is 0 Å². The maximum atomic E-state index is 4.68. The van der Waals surface area contributed by atoms with E-state index in [1.165, 1.54) is 6.20 Å². The van der Waals surface area contributed by atoms with Gasteiger partial charge in [0.2, 0.25) is 0 Å². The second-order valence-electron chi connectivity index (χ2n) is 1.11. The second-order valence-corrected chi connectivity index (χ2v) is 2.28. The Hall–Kier alpha value is -0.290. The molecule has 5 heteroatoms. The van der Waals surface area contributed by atoms with Crippen LogP contribution in [0.4, 0.5) is 0 Å². The van der Waals surface area contributed by atoms with Crippen molar-refractivity contribution in [2.24, 2.45) is 0 Å². The fourth-order valence-corrected chi connectivity index (χ4v) is 0.846. The molecule has 0 aliphatic rings. The van der Waals surface area contributed by atoms with E-state index in [-0.39, 0.29) is 0 Å². The van der Waals surface area contributed by atoms with E-state index in [1.54, 1.807) is 0 Å². The van der Waals surface area contributed by atoms with Crippen molar-refractivity contribution < 1.29 is 0 Å². The molecule has 3 nitrogen and oxygen atoms in total. The molecule has 0 radical (unpaired) electrons. The van der Waals surface area contributed by atoms with Gasteiger partial charge in [-0.1, -0.05) is 12.2 Å². The van der Waals surface area contributed by atoms with Crippen LogP contribution in [0.3, 0.4) is 0 Å². The zero-order valence-electron chi connectivity index (χ0n) is 3.76.